The van der Waals surface area contributed by atoms with E-state index >= 15 is 0 Å². The zero-order valence-corrected chi connectivity index (χ0v) is 22.0. The molecule has 10 heteroatoms. The monoisotopic (exact) mass is 528 g/mol. The summed E-state index contributed by atoms with van der Waals surface area (Å²) >= 11 is 1.45. The van der Waals surface area contributed by atoms with Gasteiger partial charge < -0.3 is 14.6 Å². The Hall–Kier alpha value is -2.56. The number of rotatable bonds is 9. The van der Waals surface area contributed by atoms with Gasteiger partial charge in [-0.2, -0.15) is 0 Å². The Kier molecular flexibility index (Phi) is 8.68. The lowest BCUT2D eigenvalue weighted by Crippen LogP contribution is -2.42. The molecule has 2 heterocycles. The maximum absolute atomic E-state index is 12.7. The molecule has 3 fully saturated rings. The van der Waals surface area contributed by atoms with Crippen LogP contribution < -0.4 is 10.1 Å². The summed E-state index contributed by atoms with van der Waals surface area (Å²) in [5.74, 6) is 0.212. The van der Waals surface area contributed by atoms with Gasteiger partial charge in [-0.15, -0.1) is 10.2 Å². The highest BCUT2D eigenvalue weighted by atomic mass is 32.1. The van der Waals surface area contributed by atoms with Crippen molar-refractivity contribution in [2.75, 3.05) is 31.6 Å². The Labute approximate surface area is 221 Å². The zero-order valence-electron chi connectivity index (χ0n) is 21.1. The molecular formula is C27H36N4O5S. The van der Waals surface area contributed by atoms with Crippen molar-refractivity contribution >= 4 is 28.3 Å². The summed E-state index contributed by atoms with van der Waals surface area (Å²) in [6.07, 6.45) is 8.57. The molecule has 2 unspecified atom stereocenters. The number of carboxylic acid groups (broad SMARTS) is 1. The Morgan fingerprint density at radius 2 is 1.81 bits per heavy atom. The van der Waals surface area contributed by atoms with Gasteiger partial charge in [0.2, 0.25) is 5.13 Å². The molecule has 0 bridgehead atoms. The predicted molar refractivity (Wildman–Crippen MR) is 140 cm³/mol. The zero-order chi connectivity index (χ0) is 25.6. The van der Waals surface area contributed by atoms with Gasteiger partial charge in [0.15, 0.2) is 0 Å². The van der Waals surface area contributed by atoms with Crippen LogP contribution in [0, 0.1) is 11.8 Å². The third-order valence-corrected chi connectivity index (χ3v) is 8.87. The second kappa shape index (κ2) is 12.3. The first kappa shape index (κ1) is 26.1. The Morgan fingerprint density at radius 1 is 1.05 bits per heavy atom. The highest BCUT2D eigenvalue weighted by Gasteiger charge is 2.30. The van der Waals surface area contributed by atoms with E-state index in [1.807, 2.05) is 0 Å². The van der Waals surface area contributed by atoms with Crippen LogP contribution in [0.4, 0.5) is 5.13 Å². The van der Waals surface area contributed by atoms with Crippen LogP contribution in [-0.2, 0) is 16.0 Å². The van der Waals surface area contributed by atoms with Crippen molar-refractivity contribution in [3.8, 4) is 5.75 Å². The fourth-order valence-corrected chi connectivity index (χ4v) is 6.54. The second-order valence-electron chi connectivity index (χ2n) is 10.4. The first-order valence-corrected chi connectivity index (χ1v) is 14.3. The highest BCUT2D eigenvalue weighted by molar-refractivity contribution is 7.15. The fourth-order valence-electron chi connectivity index (χ4n) is 5.79. The number of aromatic nitrogens is 2. The first-order valence-electron chi connectivity index (χ1n) is 13.5. The maximum Gasteiger partial charge on any atom is 0.306 e. The van der Waals surface area contributed by atoms with Gasteiger partial charge in [0.05, 0.1) is 25.2 Å². The molecule has 1 amide bonds. The molecule has 3 aliphatic rings. The molecule has 2 atom stereocenters. The standard InChI is InChI=1S/C27H36N4O5S/c32-25(19-3-8-22(9-4-19)36-23-10-5-20(6-11-23)26(33)34)28-27-30-29-24(37-27)12-2-18-1-7-21(17-18)31-13-15-35-16-14-31/h3-4,8-9,18,20-21,23H,1-2,5-7,10-17H2,(H,33,34)(H,28,30,32). The van der Waals surface area contributed by atoms with Gasteiger partial charge in [0, 0.05) is 31.1 Å². The van der Waals surface area contributed by atoms with Crippen molar-refractivity contribution < 1.29 is 24.2 Å². The average molecular weight is 529 g/mol. The van der Waals surface area contributed by atoms with Crippen LogP contribution in [0.5, 0.6) is 5.75 Å². The number of nitrogens with zero attached hydrogens (tertiary/aromatic N) is 3. The molecule has 2 aliphatic carbocycles. The Morgan fingerprint density at radius 3 is 2.54 bits per heavy atom. The lowest BCUT2D eigenvalue weighted by molar-refractivity contribution is -0.143. The number of aryl methyl sites for hydroxylation is 1. The third-order valence-electron chi connectivity index (χ3n) is 7.97. The van der Waals surface area contributed by atoms with E-state index in [-0.39, 0.29) is 17.9 Å². The lowest BCUT2D eigenvalue weighted by Gasteiger charge is -2.32. The highest BCUT2D eigenvalue weighted by Crippen LogP contribution is 2.33. The van der Waals surface area contributed by atoms with E-state index < -0.39 is 5.97 Å². The number of carboxylic acids is 1. The van der Waals surface area contributed by atoms with Gasteiger partial charge in [0.25, 0.3) is 5.91 Å². The molecule has 37 heavy (non-hydrogen) atoms. The molecule has 1 saturated heterocycles. The van der Waals surface area contributed by atoms with E-state index in [9.17, 15) is 9.59 Å². The third kappa shape index (κ3) is 7.06. The van der Waals surface area contributed by atoms with Crippen molar-refractivity contribution in [2.45, 2.75) is 69.9 Å². The molecule has 9 nitrogen and oxygen atoms in total. The van der Waals surface area contributed by atoms with E-state index in [0.717, 1.165) is 62.9 Å². The van der Waals surface area contributed by atoms with E-state index in [1.54, 1.807) is 24.3 Å². The van der Waals surface area contributed by atoms with E-state index in [2.05, 4.69) is 20.4 Å². The minimum atomic E-state index is -0.720. The van der Waals surface area contributed by atoms with Gasteiger partial charge in [0.1, 0.15) is 10.8 Å². The number of hydrogen-bond donors (Lipinski definition) is 2. The molecule has 1 aliphatic heterocycles. The van der Waals surface area contributed by atoms with Crippen LogP contribution in [0.15, 0.2) is 24.3 Å². The minimum Gasteiger partial charge on any atom is -0.490 e. The summed E-state index contributed by atoms with van der Waals surface area (Å²) in [5, 5.41) is 22.0. The largest absolute Gasteiger partial charge is 0.490 e. The summed E-state index contributed by atoms with van der Waals surface area (Å²) in [6, 6.07) is 7.74. The summed E-state index contributed by atoms with van der Waals surface area (Å²) in [4.78, 5) is 26.4. The number of aliphatic carboxylic acids is 1. The number of nitrogens with one attached hydrogen (secondary N) is 1. The first-order chi connectivity index (χ1) is 18.0. The van der Waals surface area contributed by atoms with Crippen LogP contribution in [0.25, 0.3) is 0 Å². The summed E-state index contributed by atoms with van der Waals surface area (Å²) in [7, 11) is 0. The molecule has 1 aromatic heterocycles. The topological polar surface area (TPSA) is 114 Å². The summed E-state index contributed by atoms with van der Waals surface area (Å²) in [6.45, 7) is 3.83. The predicted octanol–water partition coefficient (Wildman–Crippen LogP) is 4.25. The van der Waals surface area contributed by atoms with E-state index in [0.29, 0.717) is 35.3 Å². The normalized spacial score (nSPS) is 26.6. The molecule has 0 radical (unpaired) electrons. The number of hydrogen-bond acceptors (Lipinski definition) is 8. The molecule has 2 saturated carbocycles. The molecular weight excluding hydrogens is 492 g/mol. The smallest absolute Gasteiger partial charge is 0.306 e. The van der Waals surface area contributed by atoms with Crippen LogP contribution in [0.2, 0.25) is 0 Å². The molecule has 2 N–H and O–H groups in total. The number of carbonyl (C=O) groups excluding carboxylic acids is 1. The fraction of sp³-hybridized carbons (Fsp3) is 0.630. The van der Waals surface area contributed by atoms with Gasteiger partial charge >= 0.3 is 5.97 Å². The molecule has 200 valence electrons. The van der Waals surface area contributed by atoms with Crippen LogP contribution in [0.3, 0.4) is 0 Å². The number of benzene rings is 1. The van der Waals surface area contributed by atoms with Crippen LogP contribution in [-0.4, -0.2) is 70.5 Å². The summed E-state index contributed by atoms with van der Waals surface area (Å²) in [5.41, 5.74) is 0.527. The molecule has 0 spiro atoms. The molecule has 1 aromatic carbocycles. The number of morpholine rings is 1. The van der Waals surface area contributed by atoms with E-state index in [1.165, 1.54) is 30.6 Å². The van der Waals surface area contributed by atoms with Crippen LogP contribution in [0.1, 0.15) is 66.7 Å². The SMILES string of the molecule is O=C(Nc1nnc(CCC2CCC(N3CCOCC3)C2)s1)c1ccc(OC2CCC(C(=O)O)CC2)cc1. The van der Waals surface area contributed by atoms with Crippen LogP contribution >= 0.6 is 11.3 Å². The lowest BCUT2D eigenvalue weighted by atomic mass is 9.87. The van der Waals surface area contributed by atoms with Crippen molar-refractivity contribution in [1.29, 1.82) is 0 Å². The second-order valence-corrected chi connectivity index (χ2v) is 11.5. The van der Waals surface area contributed by atoms with E-state index in [4.69, 9.17) is 14.6 Å². The van der Waals surface area contributed by atoms with Crippen molar-refractivity contribution in [3.63, 3.8) is 0 Å². The Bertz CT molecular complexity index is 1050. The van der Waals surface area contributed by atoms with Gasteiger partial charge in [-0.25, -0.2) is 0 Å². The quantitative estimate of drug-likeness (QED) is 0.497. The summed E-state index contributed by atoms with van der Waals surface area (Å²) < 4.78 is 11.5. The molecule has 2 aromatic rings. The van der Waals surface area contributed by atoms with Crippen molar-refractivity contribution in [1.82, 2.24) is 15.1 Å². The molecule has 5 rings (SSSR count). The Balaban J connectivity index is 1.04. The number of carbonyl (C=O) groups is 2. The van der Waals surface area contributed by atoms with Gasteiger partial charge in [-0.3, -0.25) is 19.8 Å². The minimum absolute atomic E-state index is 0.0181. The van der Waals surface area contributed by atoms with Crippen molar-refractivity contribution in [2.24, 2.45) is 11.8 Å². The van der Waals surface area contributed by atoms with Gasteiger partial charge in [-0.05, 0) is 81.5 Å². The maximum atomic E-state index is 12.7. The van der Waals surface area contributed by atoms with Crippen molar-refractivity contribution in [3.05, 3.63) is 34.8 Å². The number of anilines is 1. The number of amides is 1. The number of ether oxygens (including phenoxy) is 2. The van der Waals surface area contributed by atoms with Gasteiger partial charge in [-0.1, -0.05) is 11.3 Å². The average Bonchev–Trinajstić information content (AvgIpc) is 3.58.